The van der Waals surface area contributed by atoms with Gasteiger partial charge in [0.1, 0.15) is 0 Å². The minimum Gasteiger partial charge on any atom is -0.337 e. The topological polar surface area (TPSA) is 99.8 Å². The molecule has 2 aromatic carbocycles. The number of hydrogen-bond donors (Lipinski definition) is 3. The number of rotatable bonds is 11. The summed E-state index contributed by atoms with van der Waals surface area (Å²) in [5.74, 6) is -2.14. The summed E-state index contributed by atoms with van der Waals surface area (Å²) in [6.07, 6.45) is 4.58. The van der Waals surface area contributed by atoms with Crippen molar-refractivity contribution < 1.29 is 19.2 Å². The second kappa shape index (κ2) is 14.9. The molecule has 0 heterocycles. The van der Waals surface area contributed by atoms with Crippen LogP contribution in [0.4, 0.5) is 10.5 Å². The smallest absolute Gasteiger partial charge is 0.337 e. The van der Waals surface area contributed by atoms with Crippen LogP contribution in [0.15, 0.2) is 66.7 Å². The number of para-hydroxylation sites is 1. The molecule has 38 heavy (non-hydrogen) atoms. The van der Waals surface area contributed by atoms with E-state index in [4.69, 9.17) is 4.84 Å². The second-order valence-corrected chi connectivity index (χ2v) is 10.6. The predicted octanol–water partition coefficient (Wildman–Crippen LogP) is 5.48. The largest absolute Gasteiger partial charge is 0.340 e. The average molecular weight is 523 g/mol. The molecule has 0 radical (unpaired) electrons. The third-order valence-electron chi connectivity index (χ3n) is 5.61. The fourth-order valence-corrected chi connectivity index (χ4v) is 3.84. The predicted molar refractivity (Wildman–Crippen MR) is 152 cm³/mol. The van der Waals surface area contributed by atoms with Gasteiger partial charge < -0.3 is 5.32 Å². The van der Waals surface area contributed by atoms with E-state index in [9.17, 15) is 14.4 Å². The van der Waals surface area contributed by atoms with E-state index in [0.717, 1.165) is 5.56 Å². The molecule has 8 nitrogen and oxygen atoms in total. The van der Waals surface area contributed by atoms with E-state index in [1.807, 2.05) is 83.2 Å². The normalized spacial score (nSPS) is 13.1. The van der Waals surface area contributed by atoms with Gasteiger partial charge in [-0.1, -0.05) is 74.5 Å². The molecule has 8 heteroatoms. The first-order valence-electron chi connectivity index (χ1n) is 13.1. The van der Waals surface area contributed by atoms with Crippen molar-refractivity contribution in [1.29, 1.82) is 0 Å². The number of carbonyl (C=O) groups is 3. The highest BCUT2D eigenvalue weighted by atomic mass is 16.7. The summed E-state index contributed by atoms with van der Waals surface area (Å²) in [6.45, 7) is 11.7. The molecular weight excluding hydrogens is 480 g/mol. The van der Waals surface area contributed by atoms with Crippen LogP contribution < -0.4 is 21.2 Å². The highest BCUT2D eigenvalue weighted by Gasteiger charge is 2.36. The van der Waals surface area contributed by atoms with Crippen molar-refractivity contribution in [2.75, 3.05) is 11.6 Å². The number of nitrogens with one attached hydrogen (secondary N) is 3. The van der Waals surface area contributed by atoms with E-state index >= 15 is 0 Å². The summed E-state index contributed by atoms with van der Waals surface area (Å²) in [4.78, 5) is 45.6. The first-order chi connectivity index (χ1) is 18.0. The molecule has 0 saturated heterocycles. The van der Waals surface area contributed by atoms with Crippen molar-refractivity contribution in [2.24, 2.45) is 17.8 Å². The maximum atomic E-state index is 13.8. The number of hydrogen-bond acceptors (Lipinski definition) is 4. The number of urea groups is 1. The lowest BCUT2D eigenvalue weighted by atomic mass is 9.82. The molecule has 206 valence electrons. The van der Waals surface area contributed by atoms with Crippen molar-refractivity contribution in [3.63, 3.8) is 0 Å². The summed E-state index contributed by atoms with van der Waals surface area (Å²) in [5, 5.41) is 3.93. The molecular formula is C30H42N4O4. The SMILES string of the molecule is CCNC(=O)N(NC(=O)[C@H](CC(C)C)[C@H](C/C=C/c1ccccc1)C(=O)NOC(C)(C)C)c1ccccc1. The second-order valence-electron chi connectivity index (χ2n) is 10.6. The monoisotopic (exact) mass is 522 g/mol. The number of benzene rings is 2. The van der Waals surface area contributed by atoms with Crippen LogP contribution in [0.1, 0.15) is 59.9 Å². The number of hydrazine groups is 1. The van der Waals surface area contributed by atoms with E-state index in [1.54, 1.807) is 31.2 Å². The molecule has 2 rings (SSSR count). The first kappa shape index (κ1) is 30.6. The van der Waals surface area contributed by atoms with Crippen molar-refractivity contribution in [3.05, 3.63) is 72.3 Å². The molecule has 0 spiro atoms. The molecule has 0 aromatic heterocycles. The molecule has 0 unspecified atom stereocenters. The summed E-state index contributed by atoms with van der Waals surface area (Å²) in [5.41, 5.74) is 6.24. The lowest BCUT2D eigenvalue weighted by molar-refractivity contribution is -0.153. The number of amides is 4. The van der Waals surface area contributed by atoms with E-state index in [1.165, 1.54) is 5.01 Å². The highest BCUT2D eigenvalue weighted by Crippen LogP contribution is 2.26. The molecule has 0 saturated carbocycles. The maximum Gasteiger partial charge on any atom is 0.340 e. The van der Waals surface area contributed by atoms with Crippen molar-refractivity contribution in [2.45, 2.75) is 60.0 Å². The lowest BCUT2D eigenvalue weighted by Crippen LogP contribution is -2.54. The van der Waals surface area contributed by atoms with Crippen LogP contribution in [-0.2, 0) is 14.4 Å². The van der Waals surface area contributed by atoms with Gasteiger partial charge in [-0.25, -0.2) is 15.3 Å². The number of carbonyl (C=O) groups excluding carboxylic acids is 3. The average Bonchev–Trinajstić information content (AvgIpc) is 2.88. The molecule has 0 aliphatic rings. The summed E-state index contributed by atoms with van der Waals surface area (Å²) < 4.78 is 0. The standard InChI is InChI=1S/C30H42N4O4/c1-7-31-29(37)34(24-18-12-9-13-19-24)32-27(35)26(21-22(2)3)25(28(36)33-38-30(4,5)6)20-14-17-23-15-10-8-11-16-23/h8-19,22,25-26H,7,20-21H2,1-6H3,(H,31,37)(H,32,35)(H,33,36)/b17-14+/t25-,26+/m0/s1. The number of hydroxylamine groups is 1. The minimum absolute atomic E-state index is 0.123. The number of allylic oxidation sites excluding steroid dienone is 1. The Balaban J connectivity index is 2.38. The van der Waals surface area contributed by atoms with E-state index in [-0.39, 0.29) is 11.8 Å². The Hall–Kier alpha value is -3.65. The first-order valence-corrected chi connectivity index (χ1v) is 13.1. The Morgan fingerprint density at radius 1 is 0.921 bits per heavy atom. The Kier molecular flexibility index (Phi) is 12.0. The van der Waals surface area contributed by atoms with Gasteiger partial charge in [0.05, 0.1) is 23.1 Å². The van der Waals surface area contributed by atoms with Crippen LogP contribution in [0.5, 0.6) is 0 Å². The van der Waals surface area contributed by atoms with Crippen LogP contribution >= 0.6 is 0 Å². The van der Waals surface area contributed by atoms with Crippen LogP contribution in [0.3, 0.4) is 0 Å². The van der Waals surface area contributed by atoms with Gasteiger partial charge in [0, 0.05) is 6.54 Å². The maximum absolute atomic E-state index is 13.8. The molecule has 0 aliphatic heterocycles. The van der Waals surface area contributed by atoms with Gasteiger partial charge in [0.15, 0.2) is 0 Å². The van der Waals surface area contributed by atoms with Crippen molar-refractivity contribution in [3.8, 4) is 0 Å². The zero-order valence-electron chi connectivity index (χ0n) is 23.4. The fraction of sp³-hybridized carbons (Fsp3) is 0.433. The van der Waals surface area contributed by atoms with Gasteiger partial charge in [0.25, 0.3) is 0 Å². The Labute approximate surface area is 226 Å². The number of nitrogens with zero attached hydrogens (tertiary/aromatic N) is 1. The third kappa shape index (κ3) is 10.4. The molecule has 0 aliphatic carbocycles. The molecule has 3 N–H and O–H groups in total. The summed E-state index contributed by atoms with van der Waals surface area (Å²) in [6, 6.07) is 18.2. The lowest BCUT2D eigenvalue weighted by Gasteiger charge is -2.30. The zero-order valence-corrected chi connectivity index (χ0v) is 23.4. The quantitative estimate of drug-likeness (QED) is 0.340. The third-order valence-corrected chi connectivity index (χ3v) is 5.61. The van der Waals surface area contributed by atoms with Crippen LogP contribution in [-0.4, -0.2) is 30.0 Å². The van der Waals surface area contributed by atoms with E-state index < -0.39 is 29.4 Å². The van der Waals surface area contributed by atoms with Crippen molar-refractivity contribution >= 4 is 29.6 Å². The molecule has 4 amide bonds. The van der Waals surface area contributed by atoms with Gasteiger partial charge in [0.2, 0.25) is 11.8 Å². The van der Waals surface area contributed by atoms with Gasteiger partial charge >= 0.3 is 6.03 Å². The van der Waals surface area contributed by atoms with Crippen LogP contribution in [0.25, 0.3) is 6.08 Å². The Morgan fingerprint density at radius 2 is 1.53 bits per heavy atom. The minimum atomic E-state index is -0.730. The van der Waals surface area contributed by atoms with Gasteiger partial charge in [-0.05, 0) is 64.2 Å². The molecule has 2 atom stereocenters. The summed E-state index contributed by atoms with van der Waals surface area (Å²) in [7, 11) is 0. The van der Waals surface area contributed by atoms with Crippen LogP contribution in [0, 0.1) is 17.8 Å². The zero-order chi connectivity index (χ0) is 28.1. The fourth-order valence-electron chi connectivity index (χ4n) is 3.84. The Morgan fingerprint density at radius 3 is 2.08 bits per heavy atom. The van der Waals surface area contributed by atoms with E-state index in [0.29, 0.717) is 25.1 Å². The molecule has 0 bridgehead atoms. The van der Waals surface area contributed by atoms with E-state index in [2.05, 4.69) is 16.2 Å². The van der Waals surface area contributed by atoms with Crippen molar-refractivity contribution in [1.82, 2.24) is 16.2 Å². The van der Waals surface area contributed by atoms with Crippen LogP contribution in [0.2, 0.25) is 0 Å². The van der Waals surface area contributed by atoms with Gasteiger partial charge in [-0.2, -0.15) is 0 Å². The molecule has 2 aromatic rings. The Bertz CT molecular complexity index is 1050. The van der Waals surface area contributed by atoms with Gasteiger partial charge in [-0.15, -0.1) is 0 Å². The number of anilines is 1. The summed E-state index contributed by atoms with van der Waals surface area (Å²) >= 11 is 0. The molecule has 0 fully saturated rings. The van der Waals surface area contributed by atoms with Gasteiger partial charge in [-0.3, -0.25) is 19.9 Å². The highest BCUT2D eigenvalue weighted by molar-refractivity contribution is 5.96.